The van der Waals surface area contributed by atoms with E-state index in [2.05, 4.69) is 29.5 Å². The number of nitrogens with zero attached hydrogens (tertiary/aromatic N) is 1. The molecular weight excluding hydrogens is 206 g/mol. The maximum Gasteiger partial charge on any atom is 0.184 e. The van der Waals surface area contributed by atoms with E-state index in [0.29, 0.717) is 11.2 Å². The number of aromatic nitrogens is 1. The van der Waals surface area contributed by atoms with Crippen molar-refractivity contribution in [1.82, 2.24) is 10.3 Å². The fraction of sp³-hybridized carbons (Fsp3) is 0.625. The molecule has 0 aliphatic heterocycles. The molecule has 5 heteroatoms. The van der Waals surface area contributed by atoms with E-state index < -0.39 is 0 Å². The van der Waals surface area contributed by atoms with Crippen molar-refractivity contribution >= 4 is 28.1 Å². The van der Waals surface area contributed by atoms with Crippen molar-refractivity contribution < 1.29 is 0 Å². The van der Waals surface area contributed by atoms with Crippen LogP contribution < -0.4 is 10.6 Å². The highest BCUT2D eigenvalue weighted by Gasteiger charge is 1.97. The van der Waals surface area contributed by atoms with Gasteiger partial charge in [0.1, 0.15) is 5.15 Å². The summed E-state index contributed by atoms with van der Waals surface area (Å²) in [5.41, 5.74) is 0. The van der Waals surface area contributed by atoms with E-state index in [0.717, 1.165) is 18.2 Å². The van der Waals surface area contributed by atoms with E-state index >= 15 is 0 Å². The van der Waals surface area contributed by atoms with Crippen molar-refractivity contribution in [2.24, 2.45) is 0 Å². The average molecular weight is 220 g/mol. The number of thiazole rings is 1. The smallest absolute Gasteiger partial charge is 0.184 e. The van der Waals surface area contributed by atoms with Gasteiger partial charge in [-0.1, -0.05) is 25.4 Å². The molecule has 13 heavy (non-hydrogen) atoms. The molecule has 1 aromatic heterocycles. The van der Waals surface area contributed by atoms with Gasteiger partial charge in [0.05, 0.1) is 0 Å². The third-order valence-corrected chi connectivity index (χ3v) is 2.55. The summed E-state index contributed by atoms with van der Waals surface area (Å²) in [5.74, 6) is 0. The van der Waals surface area contributed by atoms with Gasteiger partial charge in [-0.15, -0.1) is 11.3 Å². The number of nitrogens with one attached hydrogen (secondary N) is 2. The zero-order chi connectivity index (χ0) is 9.68. The lowest BCUT2D eigenvalue weighted by Gasteiger charge is -2.07. The molecule has 0 aliphatic rings. The molecular formula is C8H14ClN3S. The van der Waals surface area contributed by atoms with Crippen LogP contribution in [0.5, 0.6) is 0 Å². The molecule has 0 bridgehead atoms. The van der Waals surface area contributed by atoms with Crippen LogP contribution in [0.1, 0.15) is 13.8 Å². The van der Waals surface area contributed by atoms with E-state index in [1.54, 1.807) is 0 Å². The van der Waals surface area contributed by atoms with Crippen LogP contribution in [0.2, 0.25) is 5.15 Å². The second-order valence-electron chi connectivity index (χ2n) is 3.01. The standard InChI is InChI=1S/C8H14ClN3S/c1-6(2)10-3-4-11-8-12-7(9)5-13-8/h5-6,10H,3-4H2,1-2H3,(H,11,12). The van der Waals surface area contributed by atoms with Crippen LogP contribution in [-0.2, 0) is 0 Å². The predicted octanol–water partition coefficient (Wildman–Crippen LogP) is 2.21. The van der Waals surface area contributed by atoms with E-state index in [4.69, 9.17) is 11.6 Å². The minimum absolute atomic E-state index is 0.529. The Morgan fingerprint density at radius 3 is 2.85 bits per heavy atom. The highest BCUT2D eigenvalue weighted by Crippen LogP contribution is 2.18. The first-order chi connectivity index (χ1) is 6.18. The van der Waals surface area contributed by atoms with E-state index in [1.807, 2.05) is 5.38 Å². The summed E-state index contributed by atoms with van der Waals surface area (Å²) < 4.78 is 0. The number of hydrogen-bond acceptors (Lipinski definition) is 4. The maximum atomic E-state index is 5.67. The van der Waals surface area contributed by atoms with Gasteiger partial charge in [0.25, 0.3) is 0 Å². The lowest BCUT2D eigenvalue weighted by molar-refractivity contribution is 0.602. The molecule has 1 heterocycles. The van der Waals surface area contributed by atoms with Crippen LogP contribution >= 0.6 is 22.9 Å². The largest absolute Gasteiger partial charge is 0.360 e. The normalized spacial score (nSPS) is 10.8. The summed E-state index contributed by atoms with van der Waals surface area (Å²) in [6.07, 6.45) is 0. The Balaban J connectivity index is 2.13. The van der Waals surface area contributed by atoms with E-state index in [9.17, 15) is 0 Å². The summed E-state index contributed by atoms with van der Waals surface area (Å²) in [6.45, 7) is 6.07. The van der Waals surface area contributed by atoms with Gasteiger partial charge < -0.3 is 10.6 Å². The molecule has 1 aromatic rings. The second kappa shape index (κ2) is 5.42. The maximum absolute atomic E-state index is 5.67. The fourth-order valence-electron chi connectivity index (χ4n) is 0.866. The summed E-state index contributed by atoms with van der Waals surface area (Å²) >= 11 is 7.19. The van der Waals surface area contributed by atoms with Crippen molar-refractivity contribution in [2.75, 3.05) is 18.4 Å². The highest BCUT2D eigenvalue weighted by atomic mass is 35.5. The number of halogens is 1. The monoisotopic (exact) mass is 219 g/mol. The minimum atomic E-state index is 0.529. The first-order valence-electron chi connectivity index (χ1n) is 4.27. The summed E-state index contributed by atoms with van der Waals surface area (Å²) in [4.78, 5) is 4.07. The van der Waals surface area contributed by atoms with Crippen molar-refractivity contribution in [1.29, 1.82) is 0 Å². The van der Waals surface area contributed by atoms with Crippen molar-refractivity contribution in [3.63, 3.8) is 0 Å². The van der Waals surface area contributed by atoms with Crippen LogP contribution in [-0.4, -0.2) is 24.1 Å². The number of rotatable bonds is 5. The molecule has 1 rings (SSSR count). The molecule has 0 radical (unpaired) electrons. The Labute approximate surface area is 87.5 Å². The molecule has 74 valence electrons. The lowest BCUT2D eigenvalue weighted by Crippen LogP contribution is -2.28. The van der Waals surface area contributed by atoms with Crippen molar-refractivity contribution in [3.8, 4) is 0 Å². The van der Waals surface area contributed by atoms with Crippen molar-refractivity contribution in [3.05, 3.63) is 10.5 Å². The molecule has 0 amide bonds. The first kappa shape index (κ1) is 10.8. The molecule has 0 aromatic carbocycles. The van der Waals surface area contributed by atoms with Gasteiger partial charge in [0.15, 0.2) is 5.13 Å². The topological polar surface area (TPSA) is 37.0 Å². The van der Waals surface area contributed by atoms with Gasteiger partial charge in [0, 0.05) is 24.5 Å². The Bertz CT molecular complexity index is 249. The Kier molecular flexibility index (Phi) is 4.48. The van der Waals surface area contributed by atoms with Crippen LogP contribution in [0, 0.1) is 0 Å². The fourth-order valence-corrected chi connectivity index (χ4v) is 1.73. The Morgan fingerprint density at radius 1 is 1.54 bits per heavy atom. The summed E-state index contributed by atoms with van der Waals surface area (Å²) in [6, 6.07) is 0.529. The average Bonchev–Trinajstić information content (AvgIpc) is 2.45. The second-order valence-corrected chi connectivity index (χ2v) is 4.26. The zero-order valence-electron chi connectivity index (χ0n) is 7.80. The molecule has 2 N–H and O–H groups in total. The molecule has 3 nitrogen and oxygen atoms in total. The van der Waals surface area contributed by atoms with Gasteiger partial charge >= 0.3 is 0 Å². The molecule has 0 aliphatic carbocycles. The molecule has 0 saturated carbocycles. The number of anilines is 1. The zero-order valence-corrected chi connectivity index (χ0v) is 9.37. The molecule has 0 unspecified atom stereocenters. The van der Waals surface area contributed by atoms with Gasteiger partial charge in [0.2, 0.25) is 0 Å². The molecule has 0 atom stereocenters. The Morgan fingerprint density at radius 2 is 2.31 bits per heavy atom. The predicted molar refractivity (Wildman–Crippen MR) is 58.8 cm³/mol. The van der Waals surface area contributed by atoms with E-state index in [1.165, 1.54) is 11.3 Å². The molecule has 0 spiro atoms. The summed E-state index contributed by atoms with van der Waals surface area (Å²) in [5, 5.41) is 9.75. The van der Waals surface area contributed by atoms with Crippen LogP contribution in [0.4, 0.5) is 5.13 Å². The Hall–Kier alpha value is -0.320. The third kappa shape index (κ3) is 4.45. The van der Waals surface area contributed by atoms with Crippen LogP contribution in [0.15, 0.2) is 5.38 Å². The van der Waals surface area contributed by atoms with Gasteiger partial charge in [-0.25, -0.2) is 4.98 Å². The number of hydrogen-bond donors (Lipinski definition) is 2. The quantitative estimate of drug-likeness (QED) is 0.746. The van der Waals surface area contributed by atoms with Gasteiger partial charge in [-0.3, -0.25) is 0 Å². The first-order valence-corrected chi connectivity index (χ1v) is 5.52. The van der Waals surface area contributed by atoms with Crippen LogP contribution in [0.3, 0.4) is 0 Å². The molecule has 0 saturated heterocycles. The van der Waals surface area contributed by atoms with Crippen molar-refractivity contribution in [2.45, 2.75) is 19.9 Å². The minimum Gasteiger partial charge on any atom is -0.360 e. The van der Waals surface area contributed by atoms with Crippen LogP contribution in [0.25, 0.3) is 0 Å². The summed E-state index contributed by atoms with van der Waals surface area (Å²) in [7, 11) is 0. The lowest BCUT2D eigenvalue weighted by atomic mass is 10.4. The SMILES string of the molecule is CC(C)NCCNc1nc(Cl)cs1. The van der Waals surface area contributed by atoms with E-state index in [-0.39, 0.29) is 0 Å². The van der Waals surface area contributed by atoms with Gasteiger partial charge in [-0.2, -0.15) is 0 Å². The van der Waals surface area contributed by atoms with Gasteiger partial charge in [-0.05, 0) is 0 Å². The third-order valence-electron chi connectivity index (χ3n) is 1.43. The highest BCUT2D eigenvalue weighted by molar-refractivity contribution is 7.14. The molecule has 0 fully saturated rings.